The minimum atomic E-state index is -3.42. The van der Waals surface area contributed by atoms with Crippen LogP contribution in [0.3, 0.4) is 0 Å². The van der Waals surface area contributed by atoms with Crippen molar-refractivity contribution in [2.45, 2.75) is 12.1 Å². The Morgan fingerprint density at radius 2 is 1.73 bits per heavy atom. The van der Waals surface area contributed by atoms with Crippen LogP contribution in [0.4, 0.5) is 5.69 Å². The molecule has 30 heavy (non-hydrogen) atoms. The van der Waals surface area contributed by atoms with Gasteiger partial charge in [0.25, 0.3) is 17.7 Å². The van der Waals surface area contributed by atoms with Gasteiger partial charge in [-0.2, -0.15) is 0 Å². The highest BCUT2D eigenvalue weighted by atomic mass is 32.2. The molecule has 0 aromatic heterocycles. The van der Waals surface area contributed by atoms with Gasteiger partial charge in [-0.25, -0.2) is 13.3 Å². The fourth-order valence-electron chi connectivity index (χ4n) is 3.57. The predicted molar refractivity (Wildman–Crippen MR) is 106 cm³/mol. The van der Waals surface area contributed by atoms with Gasteiger partial charge in [-0.15, -0.1) is 0 Å². The number of carbonyl (C=O) groups is 3. The number of benzene rings is 2. The van der Waals surface area contributed by atoms with Crippen molar-refractivity contribution in [3.05, 3.63) is 59.2 Å². The van der Waals surface area contributed by atoms with Gasteiger partial charge in [-0.05, 0) is 42.5 Å². The van der Waals surface area contributed by atoms with Crippen molar-refractivity contribution >= 4 is 33.2 Å². The van der Waals surface area contributed by atoms with Crippen molar-refractivity contribution < 1.29 is 32.6 Å². The third-order valence-corrected chi connectivity index (χ3v) is 6.83. The topological polar surface area (TPSA) is 130 Å². The lowest BCUT2D eigenvalue weighted by Crippen LogP contribution is -2.42. The zero-order valence-corrected chi connectivity index (χ0v) is 16.7. The van der Waals surface area contributed by atoms with E-state index >= 15 is 0 Å². The van der Waals surface area contributed by atoms with Crippen LogP contribution < -0.4 is 15.0 Å². The highest BCUT2D eigenvalue weighted by molar-refractivity contribution is 7.91. The average molecular weight is 430 g/mol. The molecule has 0 spiro atoms. The normalized spacial score (nSPS) is 22.1. The largest absolute Gasteiger partial charge is 0.497 e. The smallest absolute Gasteiger partial charge is 0.266 e. The van der Waals surface area contributed by atoms with Crippen LogP contribution in [0.25, 0.3) is 0 Å². The molecule has 0 aliphatic carbocycles. The first-order chi connectivity index (χ1) is 14.2. The summed E-state index contributed by atoms with van der Waals surface area (Å²) >= 11 is 0. The number of amides is 3. The number of imide groups is 1. The van der Waals surface area contributed by atoms with Crippen LogP contribution in [-0.2, 0) is 9.84 Å². The monoisotopic (exact) mass is 430 g/mol. The summed E-state index contributed by atoms with van der Waals surface area (Å²) < 4.78 is 28.3. The maximum atomic E-state index is 12.8. The van der Waals surface area contributed by atoms with Crippen LogP contribution in [0.2, 0.25) is 0 Å². The van der Waals surface area contributed by atoms with Crippen LogP contribution in [0, 0.1) is 0 Å². The maximum Gasteiger partial charge on any atom is 0.266 e. The third-order valence-electron chi connectivity index (χ3n) is 5.12. The van der Waals surface area contributed by atoms with Gasteiger partial charge in [0.05, 0.1) is 47.6 Å². The Kier molecular flexibility index (Phi) is 4.83. The highest BCUT2D eigenvalue weighted by Crippen LogP contribution is 2.30. The van der Waals surface area contributed by atoms with Gasteiger partial charge in [-0.1, -0.05) is 0 Å². The van der Waals surface area contributed by atoms with Gasteiger partial charge in [0.1, 0.15) is 5.75 Å². The average Bonchev–Trinajstić information content (AvgIpc) is 3.12. The summed E-state index contributed by atoms with van der Waals surface area (Å²) in [4.78, 5) is 39.1. The number of aliphatic hydroxyl groups excluding tert-OH is 1. The second-order valence-corrected chi connectivity index (χ2v) is 9.28. The number of carbonyl (C=O) groups excluding carboxylic acids is 3. The lowest BCUT2D eigenvalue weighted by molar-refractivity contribution is 0.0887. The first-order valence-electron chi connectivity index (χ1n) is 9.06. The van der Waals surface area contributed by atoms with Gasteiger partial charge >= 0.3 is 0 Å². The number of sulfone groups is 1. The molecule has 4 rings (SSSR count). The summed E-state index contributed by atoms with van der Waals surface area (Å²) in [6.07, 6.45) is -1.19. The molecule has 2 aromatic carbocycles. The van der Waals surface area contributed by atoms with E-state index in [1.54, 1.807) is 24.3 Å². The van der Waals surface area contributed by atoms with Crippen LogP contribution in [0.15, 0.2) is 42.5 Å². The Balaban J connectivity index is 1.58. The van der Waals surface area contributed by atoms with Gasteiger partial charge in [-0.3, -0.25) is 14.4 Å². The molecule has 2 atom stereocenters. The van der Waals surface area contributed by atoms with E-state index in [2.05, 4.69) is 5.32 Å². The Morgan fingerprint density at radius 1 is 1.07 bits per heavy atom. The van der Waals surface area contributed by atoms with Crippen LogP contribution in [0.5, 0.6) is 5.75 Å². The van der Waals surface area contributed by atoms with Crippen LogP contribution in [-0.4, -0.2) is 62.0 Å². The number of rotatable bonds is 4. The lowest BCUT2D eigenvalue weighted by atomic mass is 10.0. The van der Waals surface area contributed by atoms with E-state index in [1.807, 2.05) is 0 Å². The highest BCUT2D eigenvalue weighted by Gasteiger charge is 2.39. The number of hydrogen-bond acceptors (Lipinski definition) is 7. The van der Waals surface area contributed by atoms with Gasteiger partial charge in [0.2, 0.25) is 0 Å². The summed E-state index contributed by atoms with van der Waals surface area (Å²) in [6.45, 7) is 0. The van der Waals surface area contributed by atoms with Gasteiger partial charge < -0.3 is 15.2 Å². The molecule has 0 bridgehead atoms. The first-order valence-corrected chi connectivity index (χ1v) is 10.9. The van der Waals surface area contributed by atoms with Crippen LogP contribution >= 0.6 is 0 Å². The van der Waals surface area contributed by atoms with Crippen molar-refractivity contribution in [2.75, 3.05) is 23.5 Å². The van der Waals surface area contributed by atoms with E-state index in [1.165, 1.54) is 25.3 Å². The van der Waals surface area contributed by atoms with Gasteiger partial charge in [0.15, 0.2) is 9.84 Å². The molecule has 2 aliphatic heterocycles. The van der Waals surface area contributed by atoms with E-state index in [0.717, 1.165) is 4.90 Å². The number of fused-ring (bicyclic) bond motifs is 1. The molecule has 0 radical (unpaired) electrons. The molecule has 156 valence electrons. The van der Waals surface area contributed by atoms with E-state index in [4.69, 9.17) is 4.74 Å². The molecular formula is C20H18N2O7S. The molecule has 3 amide bonds. The number of anilines is 1. The number of hydrogen-bond donors (Lipinski definition) is 2. The fraction of sp³-hybridized carbons (Fsp3) is 0.250. The Labute approximate surface area is 172 Å². The number of nitrogens with one attached hydrogen (secondary N) is 1. The zero-order valence-electron chi connectivity index (χ0n) is 15.9. The first kappa shape index (κ1) is 20.0. The molecule has 2 unspecified atom stereocenters. The quantitative estimate of drug-likeness (QED) is 0.671. The van der Waals surface area contributed by atoms with Crippen molar-refractivity contribution in [1.82, 2.24) is 5.32 Å². The summed E-state index contributed by atoms with van der Waals surface area (Å²) in [7, 11) is -1.92. The molecule has 9 nitrogen and oxygen atoms in total. The molecule has 1 saturated heterocycles. The molecular weight excluding hydrogens is 412 g/mol. The summed E-state index contributed by atoms with van der Waals surface area (Å²) in [5.41, 5.74) is 0.689. The number of ether oxygens (including phenoxy) is 1. The predicted octanol–water partition coefficient (Wildman–Crippen LogP) is 0.383. The Morgan fingerprint density at radius 3 is 2.33 bits per heavy atom. The second-order valence-electron chi connectivity index (χ2n) is 7.13. The molecule has 2 aliphatic rings. The molecule has 0 saturated carbocycles. The Bertz CT molecular complexity index is 1160. The SMILES string of the molecule is COc1ccc(N2C(=O)c3ccc(C(=O)NC4CS(=O)(=O)CC4O)cc3C2=O)cc1. The van der Waals surface area contributed by atoms with Crippen molar-refractivity contribution in [2.24, 2.45) is 0 Å². The van der Waals surface area contributed by atoms with E-state index < -0.39 is 45.5 Å². The fourth-order valence-corrected chi connectivity index (χ4v) is 5.31. The lowest BCUT2D eigenvalue weighted by Gasteiger charge is -2.15. The minimum Gasteiger partial charge on any atom is -0.497 e. The third kappa shape index (κ3) is 3.44. The van der Waals surface area contributed by atoms with Crippen molar-refractivity contribution in [3.8, 4) is 5.75 Å². The van der Waals surface area contributed by atoms with Crippen LogP contribution in [0.1, 0.15) is 31.1 Å². The summed E-state index contributed by atoms with van der Waals surface area (Å²) in [5, 5.41) is 12.3. The maximum absolute atomic E-state index is 12.8. The molecule has 1 fully saturated rings. The second kappa shape index (κ2) is 7.22. The van der Waals surface area contributed by atoms with Crippen molar-refractivity contribution in [3.63, 3.8) is 0 Å². The molecule has 2 N–H and O–H groups in total. The number of aliphatic hydroxyl groups is 1. The molecule has 2 heterocycles. The summed E-state index contributed by atoms with van der Waals surface area (Å²) in [6, 6.07) is 9.54. The zero-order chi connectivity index (χ0) is 21.6. The van der Waals surface area contributed by atoms with E-state index in [0.29, 0.717) is 11.4 Å². The number of nitrogens with zero attached hydrogens (tertiary/aromatic N) is 1. The van der Waals surface area contributed by atoms with Crippen molar-refractivity contribution in [1.29, 1.82) is 0 Å². The molecule has 10 heteroatoms. The standard InChI is InChI=1S/C20H18N2O7S/c1-29-13-5-3-12(4-6-13)22-19(25)14-7-2-11(8-15(14)20(22)26)18(24)21-16-9-30(27,28)10-17(16)23/h2-8,16-17,23H,9-10H2,1H3,(H,21,24). The van der Waals surface area contributed by atoms with Gasteiger partial charge in [0, 0.05) is 5.56 Å². The molecule has 2 aromatic rings. The van der Waals surface area contributed by atoms with E-state index in [-0.39, 0.29) is 22.4 Å². The Hall–Kier alpha value is -3.24. The minimum absolute atomic E-state index is 0.0723. The number of methoxy groups -OCH3 is 1. The summed E-state index contributed by atoms with van der Waals surface area (Å²) in [5.74, 6) is -1.91. The van der Waals surface area contributed by atoms with E-state index in [9.17, 15) is 27.9 Å².